The van der Waals surface area contributed by atoms with E-state index in [-0.39, 0.29) is 17.9 Å². The zero-order chi connectivity index (χ0) is 22.5. The van der Waals surface area contributed by atoms with Crippen LogP contribution in [0.1, 0.15) is 5.56 Å². The number of anilines is 1. The van der Waals surface area contributed by atoms with Gasteiger partial charge in [-0.15, -0.1) is 0 Å². The van der Waals surface area contributed by atoms with Crippen LogP contribution in [0, 0.1) is 6.10 Å². The fourth-order valence-electron chi connectivity index (χ4n) is 2.83. The Hall–Kier alpha value is -3.21. The summed E-state index contributed by atoms with van der Waals surface area (Å²) in [5.74, 6) is -2.60. The number of hydrogen-bond donors (Lipinski definition) is 1. The van der Waals surface area contributed by atoms with Gasteiger partial charge in [-0.3, -0.25) is 4.98 Å². The van der Waals surface area contributed by atoms with Crippen LogP contribution < -0.4 is 14.4 Å². The number of halogens is 6. The van der Waals surface area contributed by atoms with Gasteiger partial charge in [0.05, 0.1) is 0 Å². The van der Waals surface area contributed by atoms with Gasteiger partial charge in [-0.1, -0.05) is 6.07 Å². The van der Waals surface area contributed by atoms with E-state index in [0.717, 1.165) is 24.3 Å². The number of ether oxygens (including phenoxy) is 2. The Morgan fingerprint density at radius 3 is 2.35 bits per heavy atom. The minimum absolute atomic E-state index is 0.0170. The number of alkyl halides is 5. The second-order valence-electron chi connectivity index (χ2n) is 6.22. The van der Waals surface area contributed by atoms with Gasteiger partial charge in [-0.05, 0) is 35.9 Å². The molecule has 0 saturated carbocycles. The van der Waals surface area contributed by atoms with E-state index >= 15 is 0 Å². The molecule has 0 aliphatic heterocycles. The number of aromatic nitrogens is 1. The van der Waals surface area contributed by atoms with Gasteiger partial charge in [0.2, 0.25) is 0 Å². The zero-order valence-electron chi connectivity index (χ0n) is 15.6. The SMILES string of the molecule is O[C]1C=C(N(Cc2cccnc2)c2ccc(OC(F)F)c(OC(F)F)c2)C=C(F)C1F. The third kappa shape index (κ3) is 5.69. The summed E-state index contributed by atoms with van der Waals surface area (Å²) in [7, 11) is 0. The second kappa shape index (κ2) is 9.73. The van der Waals surface area contributed by atoms with E-state index in [4.69, 9.17) is 0 Å². The average molecular weight is 445 g/mol. The van der Waals surface area contributed by atoms with Gasteiger partial charge in [-0.2, -0.15) is 17.6 Å². The maximum Gasteiger partial charge on any atom is 0.387 e. The highest BCUT2D eigenvalue weighted by molar-refractivity contribution is 5.62. The summed E-state index contributed by atoms with van der Waals surface area (Å²) in [6.07, 6.45) is 1.53. The van der Waals surface area contributed by atoms with Crippen molar-refractivity contribution in [1.82, 2.24) is 4.98 Å². The van der Waals surface area contributed by atoms with E-state index in [2.05, 4.69) is 14.5 Å². The Morgan fingerprint density at radius 2 is 1.74 bits per heavy atom. The number of benzene rings is 1. The van der Waals surface area contributed by atoms with Crippen molar-refractivity contribution in [3.05, 3.63) is 78.1 Å². The number of hydrogen-bond acceptors (Lipinski definition) is 5. The second-order valence-corrected chi connectivity index (χ2v) is 6.22. The number of aliphatic hydroxyl groups is 1. The van der Waals surface area contributed by atoms with Crippen LogP contribution >= 0.6 is 0 Å². The molecule has 1 aromatic heterocycles. The molecular weight excluding hydrogens is 430 g/mol. The first-order valence-corrected chi connectivity index (χ1v) is 8.73. The van der Waals surface area contributed by atoms with Crippen LogP contribution in [0.25, 0.3) is 0 Å². The van der Waals surface area contributed by atoms with Gasteiger partial charge in [0.15, 0.2) is 23.8 Å². The normalized spacial score (nSPS) is 16.9. The highest BCUT2D eigenvalue weighted by Crippen LogP contribution is 2.38. The smallest absolute Gasteiger partial charge is 0.387 e. The number of aliphatic hydroxyl groups excluding tert-OH is 1. The van der Waals surface area contributed by atoms with Crippen LogP contribution in [-0.4, -0.2) is 29.5 Å². The minimum Gasteiger partial charge on any atom is -0.431 e. The number of allylic oxidation sites excluding steroid dienone is 1. The van der Waals surface area contributed by atoms with Gasteiger partial charge in [0.25, 0.3) is 0 Å². The molecule has 0 spiro atoms. The maximum atomic E-state index is 13.9. The van der Waals surface area contributed by atoms with Crippen LogP contribution in [0.3, 0.4) is 0 Å². The Bertz CT molecular complexity index is 955. The molecule has 165 valence electrons. The lowest BCUT2D eigenvalue weighted by atomic mass is 10.0. The van der Waals surface area contributed by atoms with Crippen molar-refractivity contribution in [3.8, 4) is 11.5 Å². The third-order valence-electron chi connectivity index (χ3n) is 4.13. The molecule has 0 fully saturated rings. The van der Waals surface area contributed by atoms with Crippen LogP contribution in [0.2, 0.25) is 0 Å². The van der Waals surface area contributed by atoms with Crippen LogP contribution in [-0.2, 0) is 6.54 Å². The molecule has 11 heteroatoms. The Balaban J connectivity index is 2.05. The lowest BCUT2D eigenvalue weighted by Crippen LogP contribution is -2.26. The molecule has 1 heterocycles. The molecular formula is C20H15F6N2O3. The first-order valence-electron chi connectivity index (χ1n) is 8.73. The van der Waals surface area contributed by atoms with Crippen molar-refractivity contribution in [2.45, 2.75) is 25.9 Å². The standard InChI is InChI=1S/C20H15F6N2O3/c21-14-6-13(7-15(29)18(14)22)28(10-11-2-1-5-27-9-11)12-3-4-16(30-19(23)24)17(8-12)31-20(25)26/h1-9,18-20,29H,10H2. The van der Waals surface area contributed by atoms with E-state index in [0.29, 0.717) is 5.56 Å². The topological polar surface area (TPSA) is 54.8 Å². The molecule has 0 bridgehead atoms. The van der Waals surface area contributed by atoms with Gasteiger partial charge < -0.3 is 19.5 Å². The summed E-state index contributed by atoms with van der Waals surface area (Å²) < 4.78 is 86.8. The number of nitrogens with zero attached hydrogens (tertiary/aromatic N) is 2. The summed E-state index contributed by atoms with van der Waals surface area (Å²) >= 11 is 0. The highest BCUT2D eigenvalue weighted by Gasteiger charge is 2.30. The molecule has 2 aromatic rings. The Labute approximate surface area is 172 Å². The molecule has 0 saturated heterocycles. The molecule has 31 heavy (non-hydrogen) atoms. The van der Waals surface area contributed by atoms with E-state index in [1.165, 1.54) is 23.4 Å². The van der Waals surface area contributed by atoms with Crippen molar-refractivity contribution in [2.24, 2.45) is 0 Å². The molecule has 1 aliphatic rings. The Kier molecular flexibility index (Phi) is 7.06. The molecule has 3 rings (SSSR count). The van der Waals surface area contributed by atoms with Crippen molar-refractivity contribution in [2.75, 3.05) is 4.90 Å². The highest BCUT2D eigenvalue weighted by atomic mass is 19.3. The monoisotopic (exact) mass is 445 g/mol. The predicted molar refractivity (Wildman–Crippen MR) is 97.5 cm³/mol. The van der Waals surface area contributed by atoms with E-state index in [1.807, 2.05) is 0 Å². The summed E-state index contributed by atoms with van der Waals surface area (Å²) in [4.78, 5) is 5.27. The molecule has 1 radical (unpaired) electrons. The predicted octanol–water partition coefficient (Wildman–Crippen LogP) is 5.28. The Morgan fingerprint density at radius 1 is 1.03 bits per heavy atom. The van der Waals surface area contributed by atoms with Crippen LogP contribution in [0.15, 0.2) is 66.4 Å². The van der Waals surface area contributed by atoms with Crippen molar-refractivity contribution in [1.29, 1.82) is 0 Å². The van der Waals surface area contributed by atoms with Crippen molar-refractivity contribution >= 4 is 5.69 Å². The molecule has 1 aromatic carbocycles. The summed E-state index contributed by atoms with van der Waals surface area (Å²) in [5.41, 5.74) is 0.642. The zero-order valence-corrected chi connectivity index (χ0v) is 15.6. The van der Waals surface area contributed by atoms with E-state index in [9.17, 15) is 31.4 Å². The van der Waals surface area contributed by atoms with Crippen molar-refractivity contribution < 1.29 is 40.9 Å². The molecule has 1 aliphatic carbocycles. The maximum absolute atomic E-state index is 13.9. The molecule has 1 unspecified atom stereocenters. The fraction of sp³-hybridized carbons (Fsp3) is 0.200. The lowest BCUT2D eigenvalue weighted by molar-refractivity contribution is -0.0692. The summed E-state index contributed by atoms with van der Waals surface area (Å²) in [6, 6.07) is 6.46. The van der Waals surface area contributed by atoms with E-state index in [1.54, 1.807) is 12.1 Å². The third-order valence-corrected chi connectivity index (χ3v) is 4.13. The molecule has 1 N–H and O–H groups in total. The largest absolute Gasteiger partial charge is 0.431 e. The molecule has 1 atom stereocenters. The lowest BCUT2D eigenvalue weighted by Gasteiger charge is -2.29. The van der Waals surface area contributed by atoms with Crippen molar-refractivity contribution in [3.63, 3.8) is 0 Å². The molecule has 0 amide bonds. The van der Waals surface area contributed by atoms with Gasteiger partial charge in [-0.25, -0.2) is 8.78 Å². The number of pyridine rings is 1. The quantitative estimate of drug-likeness (QED) is 0.560. The summed E-state index contributed by atoms with van der Waals surface area (Å²) in [5, 5.41) is 9.72. The average Bonchev–Trinajstić information content (AvgIpc) is 2.71. The van der Waals surface area contributed by atoms with Gasteiger partial charge >= 0.3 is 13.2 Å². The van der Waals surface area contributed by atoms with Crippen LogP contribution in [0.5, 0.6) is 11.5 Å². The fourth-order valence-corrected chi connectivity index (χ4v) is 2.83. The first kappa shape index (κ1) is 22.5. The van der Waals surface area contributed by atoms with Gasteiger partial charge in [0, 0.05) is 36.4 Å². The van der Waals surface area contributed by atoms with Crippen LogP contribution in [0.4, 0.5) is 32.0 Å². The minimum atomic E-state index is -3.34. The van der Waals surface area contributed by atoms with E-state index < -0.39 is 42.8 Å². The molecule has 5 nitrogen and oxygen atoms in total. The van der Waals surface area contributed by atoms with Gasteiger partial charge in [0.1, 0.15) is 5.83 Å². The first-order chi connectivity index (χ1) is 14.7. The number of rotatable bonds is 8. The summed E-state index contributed by atoms with van der Waals surface area (Å²) in [6.45, 7) is -6.64.